The van der Waals surface area contributed by atoms with Crippen LogP contribution in [0.15, 0.2) is 179 Å². The summed E-state index contributed by atoms with van der Waals surface area (Å²) in [5.74, 6) is 2.29. The zero-order chi connectivity index (χ0) is 37.5. The van der Waals surface area contributed by atoms with Crippen LogP contribution in [0, 0.1) is 0 Å². The lowest BCUT2D eigenvalue weighted by Crippen LogP contribution is -2.00. The molecule has 0 N–H and O–H groups in total. The zero-order valence-electron chi connectivity index (χ0n) is 30.2. The van der Waals surface area contributed by atoms with Crippen LogP contribution >= 0.6 is 11.3 Å². The van der Waals surface area contributed by atoms with E-state index in [0.29, 0.717) is 23.4 Å². The quantitative estimate of drug-likeness (QED) is 0.174. The van der Waals surface area contributed by atoms with Gasteiger partial charge in [0.05, 0.1) is 5.56 Å². The number of rotatable bonds is 5. The third kappa shape index (κ3) is 5.17. The van der Waals surface area contributed by atoms with Crippen molar-refractivity contribution in [1.29, 1.82) is 0 Å². The van der Waals surface area contributed by atoms with Gasteiger partial charge >= 0.3 is 0 Å². The average molecular weight is 749 g/mol. The Balaban J connectivity index is 1.06. The van der Waals surface area contributed by atoms with Crippen molar-refractivity contribution in [3.05, 3.63) is 170 Å². The van der Waals surface area contributed by atoms with E-state index in [2.05, 4.69) is 109 Å². The second kappa shape index (κ2) is 12.5. The predicted molar refractivity (Wildman–Crippen MR) is 232 cm³/mol. The summed E-state index contributed by atoms with van der Waals surface area (Å²) in [4.78, 5) is 20.5. The number of fused-ring (bicyclic) bond motifs is 8. The minimum Gasteiger partial charge on any atom is -0.455 e. The Morgan fingerprint density at radius 3 is 1.93 bits per heavy atom. The van der Waals surface area contributed by atoms with Gasteiger partial charge in [-0.2, -0.15) is 0 Å². The molecule has 12 rings (SSSR count). The Bertz CT molecular complexity index is 3480. The molecule has 0 amide bonds. The topological polar surface area (TPSA) is 77.8 Å². The number of para-hydroxylation sites is 1. The molecule has 0 saturated carbocycles. The van der Waals surface area contributed by atoms with Gasteiger partial charge in [0.15, 0.2) is 23.1 Å². The second-order valence-electron chi connectivity index (χ2n) is 14.2. The number of oxazole rings is 1. The lowest BCUT2D eigenvalue weighted by atomic mass is 9.97. The fourth-order valence-corrected chi connectivity index (χ4v) is 9.19. The maximum absolute atomic E-state index is 6.67. The third-order valence-electron chi connectivity index (χ3n) is 10.8. The minimum absolute atomic E-state index is 0.539. The summed E-state index contributed by atoms with van der Waals surface area (Å²) >= 11 is 1.75. The van der Waals surface area contributed by atoms with Crippen molar-refractivity contribution in [3.8, 4) is 56.7 Å². The molecule has 8 aromatic carbocycles. The monoisotopic (exact) mass is 748 g/mol. The van der Waals surface area contributed by atoms with Crippen molar-refractivity contribution < 1.29 is 8.83 Å². The van der Waals surface area contributed by atoms with E-state index in [1.807, 2.05) is 60.7 Å². The number of aromatic nitrogens is 4. The number of nitrogens with zero attached hydrogens (tertiary/aromatic N) is 4. The number of thiophene rings is 1. The lowest BCUT2D eigenvalue weighted by Gasteiger charge is -2.11. The highest BCUT2D eigenvalue weighted by Gasteiger charge is 2.22. The van der Waals surface area contributed by atoms with Crippen molar-refractivity contribution in [3.63, 3.8) is 0 Å². The molecule has 6 nitrogen and oxygen atoms in total. The van der Waals surface area contributed by atoms with Gasteiger partial charge in [-0.15, -0.1) is 11.3 Å². The van der Waals surface area contributed by atoms with E-state index in [1.165, 1.54) is 0 Å². The molecule has 0 spiro atoms. The highest BCUT2D eigenvalue weighted by Crippen LogP contribution is 2.44. The molecular weight excluding hydrogens is 721 g/mol. The van der Waals surface area contributed by atoms with E-state index in [9.17, 15) is 0 Å². The zero-order valence-corrected chi connectivity index (χ0v) is 31.0. The maximum atomic E-state index is 6.67. The first-order chi connectivity index (χ1) is 28.2. The molecule has 12 aromatic rings. The van der Waals surface area contributed by atoms with Gasteiger partial charge in [-0.3, -0.25) is 0 Å². The standard InChI is InChI=1S/C50H28N4O2S/c1-3-12-29(13-4-1)34-23-24-37(46-45(34)35-18-9-10-20-40(35)55-46)49-53-47(30-14-5-2-6-15-30)52-48(54-49)33-22-25-42-38(26-33)44-36(19-11-21-43(44)57-42)50-51-39-27-31-16-7-8-17-32(31)28-41(39)56-50/h1-28H. The van der Waals surface area contributed by atoms with Crippen LogP contribution in [0.2, 0.25) is 0 Å². The molecule has 0 atom stereocenters. The molecule has 0 aliphatic heterocycles. The van der Waals surface area contributed by atoms with E-state index in [0.717, 1.165) is 97.4 Å². The van der Waals surface area contributed by atoms with Gasteiger partial charge in [0.2, 0.25) is 5.89 Å². The molecule has 0 fully saturated rings. The summed E-state index contributed by atoms with van der Waals surface area (Å²) in [6.07, 6.45) is 0. The molecule has 4 aromatic heterocycles. The normalized spacial score (nSPS) is 11.9. The Morgan fingerprint density at radius 1 is 0.386 bits per heavy atom. The van der Waals surface area contributed by atoms with Crippen molar-refractivity contribution in [1.82, 2.24) is 19.9 Å². The number of hydrogen-bond donors (Lipinski definition) is 0. The van der Waals surface area contributed by atoms with Gasteiger partial charge in [-0.1, -0.05) is 115 Å². The van der Waals surface area contributed by atoms with Crippen molar-refractivity contribution in [2.24, 2.45) is 0 Å². The third-order valence-corrected chi connectivity index (χ3v) is 11.9. The number of furan rings is 1. The first-order valence-corrected chi connectivity index (χ1v) is 19.6. The van der Waals surface area contributed by atoms with Gasteiger partial charge < -0.3 is 8.83 Å². The molecule has 7 heteroatoms. The summed E-state index contributed by atoms with van der Waals surface area (Å²) in [7, 11) is 0. The second-order valence-corrected chi connectivity index (χ2v) is 15.3. The van der Waals surface area contributed by atoms with Crippen molar-refractivity contribution in [2.75, 3.05) is 0 Å². The molecule has 0 radical (unpaired) electrons. The lowest BCUT2D eigenvalue weighted by molar-refractivity contribution is 0.621. The smallest absolute Gasteiger partial charge is 0.227 e. The first kappa shape index (κ1) is 31.8. The van der Waals surface area contributed by atoms with Crippen LogP contribution in [0.3, 0.4) is 0 Å². The van der Waals surface area contributed by atoms with Crippen LogP contribution in [0.4, 0.5) is 0 Å². The largest absolute Gasteiger partial charge is 0.455 e. The molecule has 57 heavy (non-hydrogen) atoms. The fraction of sp³-hybridized carbons (Fsp3) is 0. The van der Waals surface area contributed by atoms with E-state index in [-0.39, 0.29) is 0 Å². The Labute approximate surface area is 329 Å². The summed E-state index contributed by atoms with van der Waals surface area (Å²) < 4.78 is 15.5. The van der Waals surface area contributed by atoms with Crippen LogP contribution in [-0.2, 0) is 0 Å². The molecule has 0 aliphatic rings. The summed E-state index contributed by atoms with van der Waals surface area (Å²) in [5, 5.41) is 6.51. The average Bonchev–Trinajstić information content (AvgIpc) is 3.99. The van der Waals surface area contributed by atoms with Gasteiger partial charge in [-0.05, 0) is 76.5 Å². The minimum atomic E-state index is 0.539. The molecule has 0 bridgehead atoms. The van der Waals surface area contributed by atoms with Crippen LogP contribution in [-0.4, -0.2) is 19.9 Å². The van der Waals surface area contributed by atoms with E-state index >= 15 is 0 Å². The van der Waals surface area contributed by atoms with Crippen LogP contribution < -0.4 is 0 Å². The molecule has 266 valence electrons. The fourth-order valence-electron chi connectivity index (χ4n) is 8.08. The SMILES string of the molecule is c1ccc(-c2nc(-c3ccc4sc5cccc(-c6nc7cc8ccccc8cc7o6)c5c4c3)nc(-c3ccc(-c4ccccc4)c4c3oc3ccccc34)n2)cc1. The molecule has 0 unspecified atom stereocenters. The van der Waals surface area contributed by atoms with Crippen LogP contribution in [0.1, 0.15) is 0 Å². The Morgan fingerprint density at radius 2 is 1.09 bits per heavy atom. The van der Waals surface area contributed by atoms with Crippen molar-refractivity contribution in [2.45, 2.75) is 0 Å². The van der Waals surface area contributed by atoms with Crippen LogP contribution in [0.5, 0.6) is 0 Å². The predicted octanol–water partition coefficient (Wildman–Crippen LogP) is 13.8. The number of benzene rings is 8. The van der Waals surface area contributed by atoms with Gasteiger partial charge in [0.1, 0.15) is 16.7 Å². The number of hydrogen-bond acceptors (Lipinski definition) is 7. The van der Waals surface area contributed by atoms with Gasteiger partial charge in [-0.25, -0.2) is 19.9 Å². The van der Waals surface area contributed by atoms with E-state index in [1.54, 1.807) is 11.3 Å². The molecular formula is C50H28N4O2S. The first-order valence-electron chi connectivity index (χ1n) is 18.8. The van der Waals surface area contributed by atoms with Crippen molar-refractivity contribution >= 4 is 75.3 Å². The maximum Gasteiger partial charge on any atom is 0.227 e. The highest BCUT2D eigenvalue weighted by molar-refractivity contribution is 7.26. The molecule has 4 heterocycles. The van der Waals surface area contributed by atoms with Gasteiger partial charge in [0.25, 0.3) is 0 Å². The van der Waals surface area contributed by atoms with E-state index in [4.69, 9.17) is 28.8 Å². The summed E-state index contributed by atoms with van der Waals surface area (Å²) in [5.41, 5.74) is 8.89. The Hall–Kier alpha value is -7.48. The van der Waals surface area contributed by atoms with Crippen LogP contribution in [0.25, 0.3) is 121 Å². The van der Waals surface area contributed by atoms with Gasteiger partial charge in [0, 0.05) is 47.6 Å². The van der Waals surface area contributed by atoms with E-state index < -0.39 is 0 Å². The highest BCUT2D eigenvalue weighted by atomic mass is 32.1. The molecule has 0 saturated heterocycles. The Kier molecular flexibility index (Phi) is 7.00. The summed E-state index contributed by atoms with van der Waals surface area (Å²) in [6, 6.07) is 58.1. The molecule has 0 aliphatic carbocycles. The summed E-state index contributed by atoms with van der Waals surface area (Å²) in [6.45, 7) is 0.